The average Bonchev–Trinajstić information content (AvgIpc) is 2.86. The van der Waals surface area contributed by atoms with Crippen molar-refractivity contribution < 1.29 is 19.3 Å². The van der Waals surface area contributed by atoms with Gasteiger partial charge in [0.1, 0.15) is 0 Å². The molecule has 0 bridgehead atoms. The zero-order valence-corrected chi connectivity index (χ0v) is 14.3. The number of amides is 3. The van der Waals surface area contributed by atoms with Crippen LogP contribution < -0.4 is 5.32 Å². The van der Waals surface area contributed by atoms with E-state index in [2.05, 4.69) is 5.32 Å². The lowest BCUT2D eigenvalue weighted by molar-refractivity contribution is -0.385. The number of carbonyl (C=O) groups excluding carboxylic acids is 3. The molecule has 3 rings (SSSR count). The van der Waals surface area contributed by atoms with E-state index in [1.54, 1.807) is 13.0 Å². The van der Waals surface area contributed by atoms with Crippen LogP contribution in [0.25, 0.3) is 0 Å². The molecule has 1 N–H and O–H groups in total. The monoisotopic (exact) mass is 357 g/mol. The van der Waals surface area contributed by atoms with Gasteiger partial charge in [0.05, 0.1) is 28.0 Å². The number of allylic oxidation sites excluding steroid dienone is 2. The molecule has 3 amide bonds. The van der Waals surface area contributed by atoms with Crippen LogP contribution in [0.2, 0.25) is 0 Å². The molecule has 1 aliphatic heterocycles. The fourth-order valence-electron chi connectivity index (χ4n) is 3.47. The first-order chi connectivity index (χ1) is 12.4. The number of benzene rings is 1. The second-order valence-electron chi connectivity index (χ2n) is 6.49. The summed E-state index contributed by atoms with van der Waals surface area (Å²) in [6.45, 7) is 1.57. The molecule has 0 saturated carbocycles. The molecule has 0 radical (unpaired) electrons. The third-order valence-electron chi connectivity index (χ3n) is 4.94. The van der Waals surface area contributed by atoms with Crippen LogP contribution in [0.4, 0.5) is 11.4 Å². The number of nitrogens with one attached hydrogen (secondary N) is 1. The van der Waals surface area contributed by atoms with E-state index in [9.17, 15) is 24.5 Å². The number of imide groups is 1. The average molecular weight is 357 g/mol. The summed E-state index contributed by atoms with van der Waals surface area (Å²) in [5, 5.41) is 13.6. The number of likely N-dealkylation sites (tertiary alicyclic amines) is 1. The standard InChI is InChI=1S/C18H19N3O5/c1-11-14(7-4-8-15(11)21(25)26)19-16(22)9-10-20-17(23)12-5-2-3-6-13(12)18(20)24/h2-4,7-8,12-13H,5-6,9-10H2,1H3,(H,19,22)/t12-,13+. The number of nitro groups is 1. The SMILES string of the molecule is Cc1c(NC(=O)CCN2C(=O)[C@H]3CC=CC[C@H]3C2=O)cccc1[N+](=O)[O-]. The van der Waals surface area contributed by atoms with Gasteiger partial charge in [0.2, 0.25) is 17.7 Å². The molecule has 2 atom stereocenters. The number of nitrogens with zero attached hydrogens (tertiary/aromatic N) is 2. The molecule has 1 aromatic rings. The molecule has 1 saturated heterocycles. The van der Waals surface area contributed by atoms with Crippen molar-refractivity contribution in [1.29, 1.82) is 0 Å². The maximum atomic E-state index is 12.4. The minimum atomic E-state index is -0.512. The summed E-state index contributed by atoms with van der Waals surface area (Å²) < 4.78 is 0. The lowest BCUT2D eigenvalue weighted by atomic mass is 9.85. The molecule has 0 spiro atoms. The van der Waals surface area contributed by atoms with E-state index in [1.165, 1.54) is 17.0 Å². The molecular formula is C18H19N3O5. The Morgan fingerprint density at radius 2 is 1.85 bits per heavy atom. The van der Waals surface area contributed by atoms with E-state index in [-0.39, 0.29) is 42.3 Å². The summed E-state index contributed by atoms with van der Waals surface area (Å²) in [6.07, 6.45) is 4.89. The van der Waals surface area contributed by atoms with Crippen molar-refractivity contribution in [1.82, 2.24) is 4.90 Å². The van der Waals surface area contributed by atoms with Gasteiger partial charge in [-0.1, -0.05) is 18.2 Å². The van der Waals surface area contributed by atoms with Crippen LogP contribution in [0.15, 0.2) is 30.4 Å². The number of rotatable bonds is 5. The number of carbonyl (C=O) groups is 3. The Bertz CT molecular complexity index is 791. The molecule has 1 fully saturated rings. The molecule has 136 valence electrons. The molecule has 0 unspecified atom stereocenters. The number of anilines is 1. The lowest BCUT2D eigenvalue weighted by Crippen LogP contribution is -2.34. The molecule has 1 aliphatic carbocycles. The highest BCUT2D eigenvalue weighted by molar-refractivity contribution is 6.05. The second kappa shape index (κ2) is 7.07. The third-order valence-corrected chi connectivity index (χ3v) is 4.94. The van der Waals surface area contributed by atoms with Crippen molar-refractivity contribution in [3.05, 3.63) is 46.0 Å². The fraction of sp³-hybridized carbons (Fsp3) is 0.389. The van der Waals surface area contributed by atoms with Crippen molar-refractivity contribution in [2.75, 3.05) is 11.9 Å². The van der Waals surface area contributed by atoms with E-state index < -0.39 is 10.8 Å². The minimum absolute atomic E-state index is 0.0183. The van der Waals surface area contributed by atoms with Crippen molar-refractivity contribution in [3.8, 4) is 0 Å². The maximum absolute atomic E-state index is 12.4. The lowest BCUT2D eigenvalue weighted by Gasteiger charge is -2.15. The predicted molar refractivity (Wildman–Crippen MR) is 93.2 cm³/mol. The number of hydrogen-bond donors (Lipinski definition) is 1. The largest absolute Gasteiger partial charge is 0.326 e. The third kappa shape index (κ3) is 3.22. The molecule has 26 heavy (non-hydrogen) atoms. The first-order valence-corrected chi connectivity index (χ1v) is 8.44. The van der Waals surface area contributed by atoms with Crippen molar-refractivity contribution in [2.45, 2.75) is 26.2 Å². The van der Waals surface area contributed by atoms with Gasteiger partial charge in [0.15, 0.2) is 0 Å². The summed E-state index contributed by atoms with van der Waals surface area (Å²) >= 11 is 0. The van der Waals surface area contributed by atoms with Gasteiger partial charge in [-0.05, 0) is 25.8 Å². The van der Waals surface area contributed by atoms with Crippen LogP contribution in [0.5, 0.6) is 0 Å². The summed E-state index contributed by atoms with van der Waals surface area (Å²) in [6, 6.07) is 4.43. The van der Waals surface area contributed by atoms with Gasteiger partial charge in [-0.25, -0.2) is 0 Å². The van der Waals surface area contributed by atoms with Gasteiger partial charge in [-0.15, -0.1) is 0 Å². The summed E-state index contributed by atoms with van der Waals surface area (Å²) in [7, 11) is 0. The molecular weight excluding hydrogens is 338 g/mol. The Balaban J connectivity index is 1.62. The zero-order valence-electron chi connectivity index (χ0n) is 14.3. The number of hydrogen-bond acceptors (Lipinski definition) is 5. The Hall–Kier alpha value is -3.03. The molecule has 1 aromatic carbocycles. The molecule has 2 aliphatic rings. The smallest absolute Gasteiger partial charge is 0.274 e. The molecule has 0 aromatic heterocycles. The Morgan fingerprint density at radius 3 is 2.42 bits per heavy atom. The van der Waals surface area contributed by atoms with Crippen LogP contribution >= 0.6 is 0 Å². The topological polar surface area (TPSA) is 110 Å². The van der Waals surface area contributed by atoms with Crippen molar-refractivity contribution in [3.63, 3.8) is 0 Å². The predicted octanol–water partition coefficient (Wildman–Crippen LogP) is 2.18. The Morgan fingerprint density at radius 1 is 1.23 bits per heavy atom. The quantitative estimate of drug-likeness (QED) is 0.376. The Labute approximate surface area is 150 Å². The summed E-state index contributed by atoms with van der Waals surface area (Å²) in [4.78, 5) is 48.5. The first kappa shape index (κ1) is 17.8. The normalized spacial score (nSPS) is 21.7. The summed E-state index contributed by atoms with van der Waals surface area (Å²) in [5.74, 6) is -1.46. The molecule has 1 heterocycles. The van der Waals surface area contributed by atoms with Crippen LogP contribution in [-0.4, -0.2) is 34.1 Å². The highest BCUT2D eigenvalue weighted by Gasteiger charge is 2.46. The van der Waals surface area contributed by atoms with Crippen molar-refractivity contribution in [2.24, 2.45) is 11.8 Å². The minimum Gasteiger partial charge on any atom is -0.326 e. The molecule has 8 heteroatoms. The number of nitro benzene ring substituents is 1. The van der Waals surface area contributed by atoms with Crippen LogP contribution in [0, 0.1) is 28.9 Å². The van der Waals surface area contributed by atoms with Crippen molar-refractivity contribution >= 4 is 29.1 Å². The van der Waals surface area contributed by atoms with Gasteiger partial charge in [-0.3, -0.25) is 29.4 Å². The fourth-order valence-corrected chi connectivity index (χ4v) is 3.47. The van der Waals surface area contributed by atoms with Gasteiger partial charge in [-0.2, -0.15) is 0 Å². The van der Waals surface area contributed by atoms with Gasteiger partial charge >= 0.3 is 0 Å². The van der Waals surface area contributed by atoms with Gasteiger partial charge < -0.3 is 5.32 Å². The zero-order chi connectivity index (χ0) is 18.8. The van der Waals surface area contributed by atoms with Crippen LogP contribution in [0.3, 0.4) is 0 Å². The second-order valence-corrected chi connectivity index (χ2v) is 6.49. The maximum Gasteiger partial charge on any atom is 0.274 e. The van der Waals surface area contributed by atoms with E-state index in [0.717, 1.165) is 0 Å². The first-order valence-electron chi connectivity index (χ1n) is 8.44. The van der Waals surface area contributed by atoms with Crippen LogP contribution in [0.1, 0.15) is 24.8 Å². The highest BCUT2D eigenvalue weighted by atomic mass is 16.6. The molecule has 8 nitrogen and oxygen atoms in total. The van der Waals surface area contributed by atoms with Crippen LogP contribution in [-0.2, 0) is 14.4 Å². The van der Waals surface area contributed by atoms with E-state index in [4.69, 9.17) is 0 Å². The number of fused-ring (bicyclic) bond motifs is 1. The Kier molecular flexibility index (Phi) is 4.83. The van der Waals surface area contributed by atoms with Gasteiger partial charge in [0.25, 0.3) is 5.69 Å². The van der Waals surface area contributed by atoms with E-state index in [1.807, 2.05) is 12.2 Å². The van der Waals surface area contributed by atoms with E-state index >= 15 is 0 Å². The summed E-state index contributed by atoms with van der Waals surface area (Å²) in [5.41, 5.74) is 0.627. The van der Waals surface area contributed by atoms with Gasteiger partial charge in [0, 0.05) is 19.0 Å². The highest BCUT2D eigenvalue weighted by Crippen LogP contribution is 2.35. The van der Waals surface area contributed by atoms with E-state index in [0.29, 0.717) is 24.1 Å².